The van der Waals surface area contributed by atoms with Gasteiger partial charge in [-0.1, -0.05) is 0 Å². The predicted molar refractivity (Wildman–Crippen MR) is 27.5 cm³/mol. The molecule has 4 nitrogen and oxygen atoms in total. The zero-order valence-electron chi connectivity index (χ0n) is 4.67. The molecule has 0 aliphatic heterocycles. The molecule has 0 saturated carbocycles. The Hall–Kier alpha value is -0.340. The molecular weight excluding hydrogens is 175 g/mol. The largest absolute Gasteiger partial charge is 0.344 e. The molecule has 0 radical (unpaired) electrons. The minimum absolute atomic E-state index is 0. The van der Waals surface area contributed by atoms with Crippen LogP contribution >= 0.6 is 0 Å². The van der Waals surface area contributed by atoms with Crippen LogP contribution in [0.1, 0.15) is 0 Å². The summed E-state index contributed by atoms with van der Waals surface area (Å²) in [5, 5.41) is 0. The summed E-state index contributed by atoms with van der Waals surface area (Å²) in [7, 11) is -5.22. The lowest BCUT2D eigenvalue weighted by atomic mass is 10.8. The Balaban J connectivity index is 0. The molecule has 64 valence electrons. The zero-order chi connectivity index (χ0) is 7.65. The summed E-state index contributed by atoms with van der Waals surface area (Å²) in [5.41, 5.74) is -3.49. The van der Waals surface area contributed by atoms with Gasteiger partial charge in [0, 0.05) is 0 Å². The molecule has 0 saturated heterocycles. The Morgan fingerprint density at radius 2 is 1.50 bits per heavy atom. The van der Waals surface area contributed by atoms with Crippen molar-refractivity contribution < 1.29 is 26.1 Å². The third-order valence-electron chi connectivity index (χ3n) is 0.483. The maximum atomic E-state index is 11.4. The average molecular weight is 181 g/mol. The van der Waals surface area contributed by atoms with E-state index >= 15 is 0 Å². The van der Waals surface area contributed by atoms with Gasteiger partial charge in [0.25, 0.3) is 11.9 Å². The average Bonchev–Trinajstić information content (AvgIpc) is 1.62. The summed E-state index contributed by atoms with van der Waals surface area (Å²) >= 11 is 0. The SMILES string of the molecule is N.O=S(=O)(O)C(F)C(F)F. The van der Waals surface area contributed by atoms with E-state index in [1.807, 2.05) is 0 Å². The number of alkyl halides is 3. The maximum absolute atomic E-state index is 11.4. The van der Waals surface area contributed by atoms with Crippen LogP contribution in [0, 0.1) is 0 Å². The van der Waals surface area contributed by atoms with Crippen molar-refractivity contribution in [3.8, 4) is 0 Å². The van der Waals surface area contributed by atoms with Gasteiger partial charge in [0.1, 0.15) is 0 Å². The molecule has 0 spiro atoms. The predicted octanol–water partition coefficient (Wildman–Crippen LogP) is 0.597. The van der Waals surface area contributed by atoms with E-state index in [0.29, 0.717) is 0 Å². The van der Waals surface area contributed by atoms with Crippen molar-refractivity contribution in [1.29, 1.82) is 0 Å². The molecule has 8 heteroatoms. The van der Waals surface area contributed by atoms with Crippen LogP contribution in [0.3, 0.4) is 0 Å². The molecular formula is C2H6F3NO3S. The second-order valence-corrected chi connectivity index (χ2v) is 2.68. The quantitative estimate of drug-likeness (QED) is 0.610. The lowest BCUT2D eigenvalue weighted by Crippen LogP contribution is -2.22. The summed E-state index contributed by atoms with van der Waals surface area (Å²) < 4.78 is 60.0. The van der Waals surface area contributed by atoms with Crippen molar-refractivity contribution >= 4 is 10.1 Å². The first-order chi connectivity index (χ1) is 3.85. The molecule has 1 atom stereocenters. The van der Waals surface area contributed by atoms with Crippen molar-refractivity contribution in [3.63, 3.8) is 0 Å². The first-order valence-corrected chi connectivity index (χ1v) is 3.24. The molecule has 0 rings (SSSR count). The molecule has 0 heterocycles. The second-order valence-electron chi connectivity index (χ2n) is 1.20. The zero-order valence-corrected chi connectivity index (χ0v) is 5.48. The number of halogens is 3. The van der Waals surface area contributed by atoms with E-state index in [0.717, 1.165) is 0 Å². The topological polar surface area (TPSA) is 89.4 Å². The normalized spacial score (nSPS) is 14.5. The third-order valence-corrected chi connectivity index (χ3v) is 1.26. The lowest BCUT2D eigenvalue weighted by Gasteiger charge is -2.00. The summed E-state index contributed by atoms with van der Waals surface area (Å²) in [5.74, 6) is 0. The van der Waals surface area contributed by atoms with Crippen LogP contribution in [-0.2, 0) is 10.1 Å². The Morgan fingerprint density at radius 1 is 1.20 bits per heavy atom. The maximum Gasteiger partial charge on any atom is 0.303 e. The van der Waals surface area contributed by atoms with Crippen LogP contribution in [-0.4, -0.2) is 24.9 Å². The lowest BCUT2D eigenvalue weighted by molar-refractivity contribution is 0.0859. The number of rotatable bonds is 2. The summed E-state index contributed by atoms with van der Waals surface area (Å²) in [6.07, 6.45) is -3.69. The molecule has 0 aromatic carbocycles. The van der Waals surface area contributed by atoms with Gasteiger partial charge in [0.15, 0.2) is 0 Å². The molecule has 0 amide bonds. The summed E-state index contributed by atoms with van der Waals surface area (Å²) in [6.45, 7) is 0. The standard InChI is InChI=1S/C2H3F3O3S.H3N/c3-1(4)2(5)9(6,7)8;/h1-2H,(H,6,7,8);1H3. The Bertz CT molecular complexity index is 178. The van der Waals surface area contributed by atoms with E-state index < -0.39 is 22.0 Å². The van der Waals surface area contributed by atoms with Crippen molar-refractivity contribution in [1.82, 2.24) is 6.15 Å². The van der Waals surface area contributed by atoms with E-state index in [1.165, 1.54) is 0 Å². The van der Waals surface area contributed by atoms with E-state index in [-0.39, 0.29) is 6.15 Å². The van der Waals surface area contributed by atoms with E-state index in [4.69, 9.17) is 4.55 Å². The third kappa shape index (κ3) is 3.64. The number of hydrogen-bond acceptors (Lipinski definition) is 3. The van der Waals surface area contributed by atoms with E-state index in [2.05, 4.69) is 0 Å². The first kappa shape index (κ1) is 12.3. The van der Waals surface area contributed by atoms with Crippen LogP contribution in [0.5, 0.6) is 0 Å². The minimum atomic E-state index is -5.22. The van der Waals surface area contributed by atoms with E-state index in [9.17, 15) is 21.6 Å². The second kappa shape index (κ2) is 3.74. The molecule has 10 heavy (non-hydrogen) atoms. The minimum Gasteiger partial charge on any atom is -0.344 e. The van der Waals surface area contributed by atoms with Crippen molar-refractivity contribution in [2.45, 2.75) is 11.9 Å². The first-order valence-electron chi connectivity index (χ1n) is 1.74. The highest BCUT2D eigenvalue weighted by molar-refractivity contribution is 7.86. The van der Waals surface area contributed by atoms with Gasteiger partial charge in [-0.25, -0.2) is 13.2 Å². The van der Waals surface area contributed by atoms with Gasteiger partial charge in [-0.3, -0.25) is 4.55 Å². The fourth-order valence-corrected chi connectivity index (χ4v) is 0.390. The van der Waals surface area contributed by atoms with Crippen LogP contribution in [0.25, 0.3) is 0 Å². The van der Waals surface area contributed by atoms with Gasteiger partial charge in [0.05, 0.1) is 0 Å². The van der Waals surface area contributed by atoms with Crippen LogP contribution in [0.4, 0.5) is 13.2 Å². The molecule has 0 bridgehead atoms. The highest BCUT2D eigenvalue weighted by Gasteiger charge is 2.31. The van der Waals surface area contributed by atoms with Gasteiger partial charge >= 0.3 is 10.1 Å². The van der Waals surface area contributed by atoms with Gasteiger partial charge in [-0.2, -0.15) is 8.42 Å². The molecule has 4 N–H and O–H groups in total. The Kier molecular flexibility index (Phi) is 4.61. The van der Waals surface area contributed by atoms with Gasteiger partial charge in [-0.15, -0.1) is 0 Å². The fourth-order valence-electron chi connectivity index (χ4n) is 0.130. The smallest absolute Gasteiger partial charge is 0.303 e. The van der Waals surface area contributed by atoms with Crippen LogP contribution in [0.2, 0.25) is 0 Å². The fraction of sp³-hybridized carbons (Fsp3) is 1.00. The Morgan fingerprint density at radius 3 is 1.50 bits per heavy atom. The number of hydrogen-bond donors (Lipinski definition) is 2. The molecule has 0 aliphatic rings. The molecule has 0 aliphatic carbocycles. The highest BCUT2D eigenvalue weighted by atomic mass is 32.2. The monoisotopic (exact) mass is 181 g/mol. The molecule has 0 aromatic rings. The Labute approximate surface area is 55.4 Å². The van der Waals surface area contributed by atoms with Gasteiger partial charge in [0.2, 0.25) is 0 Å². The summed E-state index contributed by atoms with van der Waals surface area (Å²) in [4.78, 5) is 0. The van der Waals surface area contributed by atoms with Crippen LogP contribution in [0.15, 0.2) is 0 Å². The van der Waals surface area contributed by atoms with E-state index in [1.54, 1.807) is 0 Å². The molecule has 1 unspecified atom stereocenters. The highest BCUT2D eigenvalue weighted by Crippen LogP contribution is 2.10. The van der Waals surface area contributed by atoms with Crippen molar-refractivity contribution in [2.75, 3.05) is 0 Å². The molecule has 0 aromatic heterocycles. The van der Waals surface area contributed by atoms with Crippen molar-refractivity contribution in [3.05, 3.63) is 0 Å². The molecule has 0 fully saturated rings. The van der Waals surface area contributed by atoms with Crippen LogP contribution < -0.4 is 6.15 Å². The van der Waals surface area contributed by atoms with Gasteiger partial charge in [-0.05, 0) is 0 Å². The van der Waals surface area contributed by atoms with Gasteiger partial charge < -0.3 is 6.15 Å². The summed E-state index contributed by atoms with van der Waals surface area (Å²) in [6, 6.07) is 0. The van der Waals surface area contributed by atoms with Crippen molar-refractivity contribution in [2.24, 2.45) is 0 Å².